The average Bonchev–Trinajstić information content (AvgIpc) is 2.30. The van der Waals surface area contributed by atoms with Crippen molar-refractivity contribution in [3.63, 3.8) is 0 Å². The fraction of sp³-hybridized carbons (Fsp3) is 0.417. The van der Waals surface area contributed by atoms with Crippen LogP contribution in [0.2, 0.25) is 0 Å². The second-order valence-corrected chi connectivity index (χ2v) is 3.60. The number of carbonyl (C=O) groups is 1. The van der Waals surface area contributed by atoms with Gasteiger partial charge in [0.05, 0.1) is 14.2 Å². The summed E-state index contributed by atoms with van der Waals surface area (Å²) in [5.74, 6) is 0.162. The van der Waals surface area contributed by atoms with E-state index < -0.39 is 12.1 Å². The highest BCUT2D eigenvalue weighted by Crippen LogP contribution is 2.38. The van der Waals surface area contributed by atoms with Gasteiger partial charge in [-0.25, -0.2) is 4.79 Å². The van der Waals surface area contributed by atoms with Crippen molar-refractivity contribution in [3.8, 4) is 17.2 Å². The van der Waals surface area contributed by atoms with E-state index in [4.69, 9.17) is 19.3 Å². The minimum atomic E-state index is -1.05. The zero-order chi connectivity index (χ0) is 13.0. The number of methoxy groups -OCH3 is 2. The van der Waals surface area contributed by atoms with Crippen LogP contribution in [0, 0.1) is 6.92 Å². The molecule has 0 amide bonds. The van der Waals surface area contributed by atoms with Crippen molar-refractivity contribution in [1.82, 2.24) is 0 Å². The van der Waals surface area contributed by atoms with Gasteiger partial charge in [0.1, 0.15) is 0 Å². The van der Waals surface area contributed by atoms with Gasteiger partial charge in [0.25, 0.3) is 0 Å². The van der Waals surface area contributed by atoms with E-state index in [9.17, 15) is 4.79 Å². The summed E-state index contributed by atoms with van der Waals surface area (Å²) in [5.41, 5.74) is 0.939. The molecule has 1 unspecified atom stereocenters. The third kappa shape index (κ3) is 3.03. The number of carboxylic acid groups (broad SMARTS) is 1. The molecule has 0 fully saturated rings. The molecule has 0 bridgehead atoms. The first-order valence-corrected chi connectivity index (χ1v) is 5.11. The van der Waals surface area contributed by atoms with Crippen molar-refractivity contribution in [1.29, 1.82) is 0 Å². The number of aliphatic carboxylic acids is 1. The van der Waals surface area contributed by atoms with Crippen LogP contribution < -0.4 is 14.2 Å². The summed E-state index contributed by atoms with van der Waals surface area (Å²) in [4.78, 5) is 10.8. The van der Waals surface area contributed by atoms with Crippen molar-refractivity contribution < 1.29 is 24.1 Å². The summed E-state index contributed by atoms with van der Waals surface area (Å²) < 4.78 is 15.6. The van der Waals surface area contributed by atoms with Gasteiger partial charge in [-0.1, -0.05) is 0 Å². The molecule has 17 heavy (non-hydrogen) atoms. The molecule has 0 saturated carbocycles. The molecule has 1 atom stereocenters. The Morgan fingerprint density at radius 3 is 2.06 bits per heavy atom. The first kappa shape index (κ1) is 13.2. The van der Waals surface area contributed by atoms with Gasteiger partial charge in [-0.15, -0.1) is 0 Å². The van der Waals surface area contributed by atoms with E-state index in [2.05, 4.69) is 0 Å². The van der Waals surface area contributed by atoms with Crippen LogP contribution in [-0.2, 0) is 4.79 Å². The summed E-state index contributed by atoms with van der Waals surface area (Å²) in [6.07, 6.45) is -0.972. The summed E-state index contributed by atoms with van der Waals surface area (Å²) in [5, 5.41) is 8.82. The van der Waals surface area contributed by atoms with Gasteiger partial charge in [-0.3, -0.25) is 0 Å². The van der Waals surface area contributed by atoms with E-state index >= 15 is 0 Å². The van der Waals surface area contributed by atoms with Gasteiger partial charge >= 0.3 is 5.97 Å². The van der Waals surface area contributed by atoms with E-state index in [0.29, 0.717) is 17.2 Å². The minimum Gasteiger partial charge on any atom is -0.493 e. The molecule has 0 aromatic heterocycles. The molecule has 94 valence electrons. The maximum atomic E-state index is 10.8. The van der Waals surface area contributed by atoms with E-state index in [1.54, 1.807) is 12.1 Å². The van der Waals surface area contributed by atoms with Crippen molar-refractivity contribution in [2.24, 2.45) is 0 Å². The van der Waals surface area contributed by atoms with Crippen LogP contribution in [0.3, 0.4) is 0 Å². The van der Waals surface area contributed by atoms with Crippen molar-refractivity contribution >= 4 is 5.97 Å². The Morgan fingerprint density at radius 1 is 1.24 bits per heavy atom. The Hall–Kier alpha value is -1.91. The largest absolute Gasteiger partial charge is 0.493 e. The second-order valence-electron chi connectivity index (χ2n) is 3.60. The maximum Gasteiger partial charge on any atom is 0.344 e. The average molecular weight is 240 g/mol. The molecular weight excluding hydrogens is 224 g/mol. The molecular formula is C12H16O5. The molecule has 5 heteroatoms. The molecule has 5 nitrogen and oxygen atoms in total. The highest BCUT2D eigenvalue weighted by atomic mass is 16.6. The van der Waals surface area contributed by atoms with Gasteiger partial charge in [0.2, 0.25) is 5.75 Å². The topological polar surface area (TPSA) is 65.0 Å². The van der Waals surface area contributed by atoms with Crippen LogP contribution in [0.4, 0.5) is 0 Å². The summed E-state index contributed by atoms with van der Waals surface area (Å²) in [6, 6.07) is 3.51. The number of hydrogen-bond donors (Lipinski definition) is 1. The van der Waals surface area contributed by atoms with E-state index in [-0.39, 0.29) is 0 Å². The standard InChI is InChI=1S/C12H16O5/c1-7-5-9(15-3)11(10(6-7)16-4)17-8(2)12(13)14/h5-6,8H,1-4H3,(H,13,14). The smallest absolute Gasteiger partial charge is 0.344 e. The Bertz CT molecular complexity index is 388. The number of ether oxygens (including phenoxy) is 3. The van der Waals surface area contributed by atoms with Gasteiger partial charge in [-0.05, 0) is 31.5 Å². The van der Waals surface area contributed by atoms with Crippen LogP contribution in [0.25, 0.3) is 0 Å². The van der Waals surface area contributed by atoms with Gasteiger partial charge in [-0.2, -0.15) is 0 Å². The fourth-order valence-electron chi connectivity index (χ4n) is 1.35. The predicted octanol–water partition coefficient (Wildman–Crippen LogP) is 1.86. The lowest BCUT2D eigenvalue weighted by atomic mass is 10.2. The van der Waals surface area contributed by atoms with Crippen LogP contribution in [0.15, 0.2) is 12.1 Å². The van der Waals surface area contributed by atoms with E-state index in [0.717, 1.165) is 5.56 Å². The summed E-state index contributed by atoms with van der Waals surface area (Å²) >= 11 is 0. The summed E-state index contributed by atoms with van der Waals surface area (Å²) in [7, 11) is 2.99. The zero-order valence-corrected chi connectivity index (χ0v) is 10.3. The van der Waals surface area contributed by atoms with Crippen molar-refractivity contribution in [2.45, 2.75) is 20.0 Å². The number of hydrogen-bond acceptors (Lipinski definition) is 4. The molecule has 0 spiro atoms. The normalized spacial score (nSPS) is 11.8. The number of aryl methyl sites for hydroxylation is 1. The van der Waals surface area contributed by atoms with Gasteiger partial charge in [0.15, 0.2) is 17.6 Å². The fourth-order valence-corrected chi connectivity index (χ4v) is 1.35. The maximum absolute atomic E-state index is 10.8. The van der Waals surface area contributed by atoms with Crippen LogP contribution in [0.5, 0.6) is 17.2 Å². The lowest BCUT2D eigenvalue weighted by Crippen LogP contribution is -2.23. The molecule has 0 saturated heterocycles. The van der Waals surface area contributed by atoms with Crippen LogP contribution >= 0.6 is 0 Å². The molecule has 0 radical (unpaired) electrons. The molecule has 0 aliphatic carbocycles. The Kier molecular flexibility index (Phi) is 4.20. The molecule has 0 heterocycles. The molecule has 1 aromatic carbocycles. The van der Waals surface area contributed by atoms with Crippen molar-refractivity contribution in [2.75, 3.05) is 14.2 Å². The third-order valence-electron chi connectivity index (χ3n) is 2.25. The SMILES string of the molecule is COc1cc(C)cc(OC)c1OC(C)C(=O)O. The zero-order valence-electron chi connectivity index (χ0n) is 10.3. The first-order valence-electron chi connectivity index (χ1n) is 5.11. The van der Waals surface area contributed by atoms with Gasteiger partial charge < -0.3 is 19.3 Å². The first-order chi connectivity index (χ1) is 7.99. The third-order valence-corrected chi connectivity index (χ3v) is 2.25. The molecule has 1 N–H and O–H groups in total. The predicted molar refractivity (Wildman–Crippen MR) is 62.0 cm³/mol. The quantitative estimate of drug-likeness (QED) is 0.851. The Morgan fingerprint density at radius 2 is 1.71 bits per heavy atom. The molecule has 1 rings (SSSR count). The van der Waals surface area contributed by atoms with Crippen molar-refractivity contribution in [3.05, 3.63) is 17.7 Å². The molecule has 0 aliphatic heterocycles. The lowest BCUT2D eigenvalue weighted by molar-refractivity contribution is -0.144. The van der Waals surface area contributed by atoms with Crippen LogP contribution in [-0.4, -0.2) is 31.4 Å². The van der Waals surface area contributed by atoms with E-state index in [1.165, 1.54) is 21.1 Å². The number of carboxylic acids is 1. The monoisotopic (exact) mass is 240 g/mol. The second kappa shape index (κ2) is 5.43. The molecule has 0 aliphatic rings. The highest BCUT2D eigenvalue weighted by molar-refractivity contribution is 5.72. The molecule has 1 aromatic rings. The highest BCUT2D eigenvalue weighted by Gasteiger charge is 2.19. The number of rotatable bonds is 5. The Balaban J connectivity index is 3.15. The summed E-state index contributed by atoms with van der Waals surface area (Å²) in [6.45, 7) is 3.33. The van der Waals surface area contributed by atoms with E-state index in [1.807, 2.05) is 6.92 Å². The number of benzene rings is 1. The van der Waals surface area contributed by atoms with Gasteiger partial charge in [0, 0.05) is 0 Å². The van der Waals surface area contributed by atoms with Crippen LogP contribution in [0.1, 0.15) is 12.5 Å². The lowest BCUT2D eigenvalue weighted by Gasteiger charge is -2.17. The Labute approximate surface area is 99.9 Å². The minimum absolute atomic E-state index is 0.301.